The van der Waals surface area contributed by atoms with E-state index in [-0.39, 0.29) is 11.9 Å². The second-order valence-corrected chi connectivity index (χ2v) is 9.38. The van der Waals surface area contributed by atoms with Crippen molar-refractivity contribution in [3.8, 4) is 5.75 Å². The summed E-state index contributed by atoms with van der Waals surface area (Å²) in [6, 6.07) is 13.2. The first-order chi connectivity index (χ1) is 14.8. The second-order valence-electron chi connectivity index (χ2n) is 8.14. The quantitative estimate of drug-likeness (QED) is 0.496. The Morgan fingerprint density at radius 3 is 2.55 bits per heavy atom. The van der Waals surface area contributed by atoms with Crippen molar-refractivity contribution in [3.63, 3.8) is 0 Å². The minimum Gasteiger partial charge on any atom is -0.491 e. The van der Waals surface area contributed by atoms with E-state index in [1.54, 1.807) is 13.0 Å². The van der Waals surface area contributed by atoms with Crippen LogP contribution in [0.15, 0.2) is 54.7 Å². The second kappa shape index (κ2) is 9.34. The van der Waals surface area contributed by atoms with Crippen LogP contribution in [-0.4, -0.2) is 50.4 Å². The van der Waals surface area contributed by atoms with Gasteiger partial charge >= 0.3 is 0 Å². The molecule has 0 aliphatic carbocycles. The normalized spacial score (nSPS) is 23.8. The van der Waals surface area contributed by atoms with Crippen LogP contribution in [0.25, 0.3) is 0 Å². The maximum Gasteiger partial charge on any atom is 0.195 e. The Bertz CT molecular complexity index is 931. The smallest absolute Gasteiger partial charge is 0.195 e. The molecule has 0 aromatic heterocycles. The van der Waals surface area contributed by atoms with Crippen LogP contribution in [0.4, 0.5) is 10.1 Å². The lowest BCUT2D eigenvalue weighted by Gasteiger charge is -2.37. The van der Waals surface area contributed by atoms with Gasteiger partial charge in [-0.25, -0.2) is 4.39 Å². The van der Waals surface area contributed by atoms with Gasteiger partial charge in [-0.3, -0.25) is 0 Å². The van der Waals surface area contributed by atoms with E-state index >= 15 is 0 Å². The highest BCUT2D eigenvalue weighted by Crippen LogP contribution is 2.36. The number of benzene rings is 2. The van der Waals surface area contributed by atoms with Crippen LogP contribution in [0.5, 0.6) is 5.75 Å². The van der Waals surface area contributed by atoms with Gasteiger partial charge in [0.1, 0.15) is 24.3 Å². The fourth-order valence-electron chi connectivity index (χ4n) is 4.01. The number of halogens is 2. The number of nitrogens with zero attached hydrogens (tertiary/aromatic N) is 2. The Morgan fingerprint density at radius 2 is 1.90 bits per heavy atom. The summed E-state index contributed by atoms with van der Waals surface area (Å²) >= 11 is 2.08. The molecule has 2 aliphatic heterocycles. The summed E-state index contributed by atoms with van der Waals surface area (Å²) in [5.41, 5.74) is 2.73. The molecular formula is C24H28FIN2O3. The van der Waals surface area contributed by atoms with Gasteiger partial charge < -0.3 is 24.0 Å². The van der Waals surface area contributed by atoms with Gasteiger partial charge in [0.15, 0.2) is 5.79 Å². The standard InChI is InChI=1S/C24H28FIN2O3/c1-17(2)27-10-12-28(13-11-27)19-5-7-20(8-6-19)29-15-21-16-30-24(3,31-21)22-9-4-18(26)14-23(22)25/h4-9,14,21H,1,10-13,15-16H2,2-3H3. The molecule has 2 saturated heterocycles. The third-order valence-electron chi connectivity index (χ3n) is 5.81. The fourth-order valence-corrected chi connectivity index (χ4v) is 4.46. The summed E-state index contributed by atoms with van der Waals surface area (Å²) in [5.74, 6) is -0.643. The van der Waals surface area contributed by atoms with Crippen LogP contribution in [0, 0.1) is 9.39 Å². The van der Waals surface area contributed by atoms with Crippen molar-refractivity contribution in [2.75, 3.05) is 44.3 Å². The molecule has 2 heterocycles. The monoisotopic (exact) mass is 538 g/mol. The summed E-state index contributed by atoms with van der Waals surface area (Å²) < 4.78 is 33.0. The van der Waals surface area contributed by atoms with Gasteiger partial charge in [-0.05, 0) is 78.9 Å². The van der Waals surface area contributed by atoms with E-state index in [9.17, 15) is 4.39 Å². The van der Waals surface area contributed by atoms with Crippen LogP contribution in [0.1, 0.15) is 19.4 Å². The SMILES string of the molecule is C=C(C)N1CCN(c2ccc(OCC3COC(C)(c4ccc(I)cc4F)O3)cc2)CC1. The summed E-state index contributed by atoms with van der Waals surface area (Å²) in [4.78, 5) is 4.69. The van der Waals surface area contributed by atoms with E-state index in [4.69, 9.17) is 14.2 Å². The molecule has 0 saturated carbocycles. The van der Waals surface area contributed by atoms with Crippen molar-refractivity contribution in [1.82, 2.24) is 4.90 Å². The molecule has 166 valence electrons. The predicted molar refractivity (Wildman–Crippen MR) is 128 cm³/mol. The van der Waals surface area contributed by atoms with Gasteiger partial charge in [0.2, 0.25) is 0 Å². The van der Waals surface area contributed by atoms with Gasteiger partial charge in [-0.2, -0.15) is 0 Å². The third-order valence-corrected chi connectivity index (χ3v) is 6.48. The summed E-state index contributed by atoms with van der Waals surface area (Å²) in [5, 5.41) is 0. The van der Waals surface area contributed by atoms with Crippen LogP contribution in [-0.2, 0) is 15.3 Å². The Hall–Kier alpha value is -1.84. The number of allylic oxidation sites excluding steroid dienone is 1. The van der Waals surface area contributed by atoms with E-state index in [1.807, 2.05) is 18.2 Å². The summed E-state index contributed by atoms with van der Waals surface area (Å²) in [6.07, 6.45) is -0.265. The van der Waals surface area contributed by atoms with Crippen molar-refractivity contribution in [1.29, 1.82) is 0 Å². The number of rotatable bonds is 6. The number of anilines is 1. The molecule has 0 N–H and O–H groups in total. The molecule has 0 bridgehead atoms. The zero-order valence-corrected chi connectivity index (χ0v) is 20.1. The highest BCUT2D eigenvalue weighted by atomic mass is 127. The van der Waals surface area contributed by atoms with Gasteiger partial charge in [0.25, 0.3) is 0 Å². The molecule has 31 heavy (non-hydrogen) atoms. The molecule has 0 amide bonds. The first-order valence-electron chi connectivity index (χ1n) is 10.5. The highest BCUT2D eigenvalue weighted by Gasteiger charge is 2.41. The third kappa shape index (κ3) is 5.15. The van der Waals surface area contributed by atoms with Gasteiger partial charge in [-0.1, -0.05) is 6.58 Å². The molecule has 5 nitrogen and oxygen atoms in total. The molecule has 2 atom stereocenters. The van der Waals surface area contributed by atoms with E-state index < -0.39 is 5.79 Å². The minimum atomic E-state index is -1.10. The van der Waals surface area contributed by atoms with E-state index in [0.717, 1.165) is 41.2 Å². The highest BCUT2D eigenvalue weighted by molar-refractivity contribution is 14.1. The van der Waals surface area contributed by atoms with E-state index in [1.165, 1.54) is 11.8 Å². The molecule has 7 heteroatoms. The van der Waals surface area contributed by atoms with Crippen molar-refractivity contribution in [2.24, 2.45) is 0 Å². The molecule has 2 unspecified atom stereocenters. The number of hydrogen-bond donors (Lipinski definition) is 0. The first kappa shape index (κ1) is 22.4. The zero-order valence-electron chi connectivity index (χ0n) is 17.9. The molecular weight excluding hydrogens is 510 g/mol. The van der Waals surface area contributed by atoms with Crippen LogP contribution in [0.3, 0.4) is 0 Å². The first-order valence-corrected chi connectivity index (χ1v) is 11.6. The number of ether oxygens (including phenoxy) is 3. The largest absolute Gasteiger partial charge is 0.491 e. The Labute approximate surface area is 196 Å². The molecule has 4 rings (SSSR count). The van der Waals surface area contributed by atoms with Crippen LogP contribution in [0.2, 0.25) is 0 Å². The van der Waals surface area contributed by atoms with Crippen LogP contribution < -0.4 is 9.64 Å². The average Bonchev–Trinajstić information content (AvgIpc) is 3.14. The fraction of sp³-hybridized carbons (Fsp3) is 0.417. The van der Waals surface area contributed by atoms with Gasteiger partial charge in [0.05, 0.1) is 6.61 Å². The lowest BCUT2D eigenvalue weighted by molar-refractivity contribution is -0.166. The molecule has 0 spiro atoms. The van der Waals surface area contributed by atoms with E-state index in [0.29, 0.717) is 18.8 Å². The minimum absolute atomic E-state index is 0.265. The maximum atomic E-state index is 14.4. The number of hydrogen-bond acceptors (Lipinski definition) is 5. The van der Waals surface area contributed by atoms with Crippen molar-refractivity contribution in [2.45, 2.75) is 25.7 Å². The lowest BCUT2D eigenvalue weighted by Crippen LogP contribution is -2.45. The lowest BCUT2D eigenvalue weighted by atomic mass is 10.1. The summed E-state index contributed by atoms with van der Waals surface area (Å²) in [6.45, 7) is 12.5. The van der Waals surface area contributed by atoms with Gasteiger partial charge in [0, 0.05) is 46.7 Å². The Balaban J connectivity index is 1.30. The molecule has 2 fully saturated rings. The van der Waals surface area contributed by atoms with Crippen LogP contribution >= 0.6 is 22.6 Å². The number of piperazine rings is 1. The molecule has 0 radical (unpaired) electrons. The average molecular weight is 538 g/mol. The predicted octanol–water partition coefficient (Wildman–Crippen LogP) is 4.75. The Morgan fingerprint density at radius 1 is 1.19 bits per heavy atom. The molecule has 2 aliphatic rings. The maximum absolute atomic E-state index is 14.4. The summed E-state index contributed by atoms with van der Waals surface area (Å²) in [7, 11) is 0. The van der Waals surface area contributed by atoms with E-state index in [2.05, 4.69) is 58.0 Å². The van der Waals surface area contributed by atoms with Crippen molar-refractivity contribution < 1.29 is 18.6 Å². The topological polar surface area (TPSA) is 34.2 Å². The zero-order chi connectivity index (χ0) is 22.0. The van der Waals surface area contributed by atoms with Gasteiger partial charge in [-0.15, -0.1) is 0 Å². The molecule has 2 aromatic rings. The van der Waals surface area contributed by atoms with Crippen molar-refractivity contribution in [3.05, 3.63) is 69.7 Å². The molecule has 2 aromatic carbocycles. The Kier molecular flexibility index (Phi) is 6.74. The van der Waals surface area contributed by atoms with Crippen molar-refractivity contribution >= 4 is 28.3 Å².